The minimum atomic E-state index is -0.795. The molecule has 0 aliphatic rings. The normalized spacial score (nSPS) is 12.2. The molecule has 3 aromatic rings. The first-order chi connectivity index (χ1) is 15.5. The van der Waals surface area contributed by atoms with Gasteiger partial charge < -0.3 is 35.8 Å². The Morgan fingerprint density at radius 2 is 1.53 bits per heavy atom. The Labute approximate surface area is 189 Å². The van der Waals surface area contributed by atoms with E-state index in [1.807, 2.05) is 49.5 Å². The Kier molecular flexibility index (Phi) is 10.3. The summed E-state index contributed by atoms with van der Waals surface area (Å²) in [5.74, 6) is 1.08. The van der Waals surface area contributed by atoms with Crippen LogP contribution >= 0.6 is 0 Å². The maximum Gasteiger partial charge on any atom is 0.162 e. The fraction of sp³-hybridized carbons (Fsp3) is 0.280. The molecule has 7 nitrogen and oxygen atoms in total. The van der Waals surface area contributed by atoms with Crippen molar-refractivity contribution in [1.29, 1.82) is 0 Å². The third-order valence-electron chi connectivity index (χ3n) is 4.77. The highest BCUT2D eigenvalue weighted by Crippen LogP contribution is 2.32. The number of aliphatic hydroxyl groups excluding tert-OH is 1. The first-order valence-corrected chi connectivity index (χ1v) is 10.4. The van der Waals surface area contributed by atoms with Crippen molar-refractivity contribution in [2.75, 3.05) is 27.2 Å². The number of benzene rings is 3. The first kappa shape index (κ1) is 25.0. The Morgan fingerprint density at radius 3 is 2.12 bits per heavy atom. The minimum Gasteiger partial charge on any atom is -0.504 e. The average Bonchev–Trinajstić information content (AvgIpc) is 2.84. The van der Waals surface area contributed by atoms with E-state index < -0.39 is 6.10 Å². The highest BCUT2D eigenvalue weighted by Gasteiger charge is 2.15. The van der Waals surface area contributed by atoms with E-state index in [0.29, 0.717) is 5.56 Å². The molecule has 0 aromatic heterocycles. The van der Waals surface area contributed by atoms with Crippen LogP contribution in [-0.2, 0) is 0 Å². The standard InChI is InChI=1S/C17H21NO2.C8H11NO3/c1-18-13-12-15(14-8-4-3-5-9-14)20-17-11-7-6-10-16(17)19-2;9-4-8(12)5-1-2-6(10)7(11)3-5/h3-11,15,18H,12-13H2,1-2H3;1-3,8,10-12H,4,9H2/t;8-/m.0/s1. The molecule has 0 aliphatic heterocycles. The Hall–Kier alpha value is -3.26. The molecule has 0 radical (unpaired) electrons. The SMILES string of the molecule is CNCCC(Oc1ccccc1OC)c1ccccc1.NC[C@H](O)c1ccc(O)c(O)c1. The summed E-state index contributed by atoms with van der Waals surface area (Å²) in [5.41, 5.74) is 6.87. The van der Waals surface area contributed by atoms with Crippen LogP contribution in [0.25, 0.3) is 0 Å². The van der Waals surface area contributed by atoms with Crippen molar-refractivity contribution in [3.05, 3.63) is 83.9 Å². The van der Waals surface area contributed by atoms with Gasteiger partial charge in [-0.15, -0.1) is 0 Å². The number of methoxy groups -OCH3 is 1. The van der Waals surface area contributed by atoms with Gasteiger partial charge in [0.25, 0.3) is 0 Å². The molecule has 32 heavy (non-hydrogen) atoms. The fourth-order valence-corrected chi connectivity index (χ4v) is 2.99. The van der Waals surface area contributed by atoms with Gasteiger partial charge in [-0.1, -0.05) is 48.5 Å². The van der Waals surface area contributed by atoms with E-state index in [9.17, 15) is 5.11 Å². The van der Waals surface area contributed by atoms with E-state index in [1.54, 1.807) is 7.11 Å². The molecular formula is C25H32N2O5. The van der Waals surface area contributed by atoms with Crippen molar-refractivity contribution in [3.8, 4) is 23.0 Å². The number of hydrogen-bond acceptors (Lipinski definition) is 7. The van der Waals surface area contributed by atoms with Gasteiger partial charge >= 0.3 is 0 Å². The predicted molar refractivity (Wildman–Crippen MR) is 125 cm³/mol. The van der Waals surface area contributed by atoms with Crippen LogP contribution in [0.2, 0.25) is 0 Å². The third-order valence-corrected chi connectivity index (χ3v) is 4.77. The molecule has 6 N–H and O–H groups in total. The van der Waals surface area contributed by atoms with Gasteiger partial charge in [0.1, 0.15) is 6.10 Å². The van der Waals surface area contributed by atoms with Gasteiger partial charge in [0, 0.05) is 13.0 Å². The lowest BCUT2D eigenvalue weighted by Crippen LogP contribution is -2.16. The fourth-order valence-electron chi connectivity index (χ4n) is 2.99. The molecule has 172 valence electrons. The number of rotatable bonds is 9. The zero-order chi connectivity index (χ0) is 23.3. The van der Waals surface area contributed by atoms with Crippen LogP contribution in [0.5, 0.6) is 23.0 Å². The quantitative estimate of drug-likeness (QED) is 0.323. The van der Waals surface area contributed by atoms with Crippen LogP contribution in [0.3, 0.4) is 0 Å². The summed E-state index contributed by atoms with van der Waals surface area (Å²) in [6.45, 7) is 0.985. The van der Waals surface area contributed by atoms with Crippen molar-refractivity contribution in [2.45, 2.75) is 18.6 Å². The number of aromatic hydroxyl groups is 2. The lowest BCUT2D eigenvalue weighted by atomic mass is 10.1. The number of aliphatic hydroxyl groups is 1. The van der Waals surface area contributed by atoms with Crippen molar-refractivity contribution in [2.24, 2.45) is 5.73 Å². The molecule has 3 aromatic carbocycles. The lowest BCUT2D eigenvalue weighted by molar-refractivity contribution is 0.186. The summed E-state index contributed by atoms with van der Waals surface area (Å²) >= 11 is 0. The molecule has 0 saturated heterocycles. The lowest BCUT2D eigenvalue weighted by Gasteiger charge is -2.21. The van der Waals surface area contributed by atoms with Crippen LogP contribution in [-0.4, -0.2) is 42.6 Å². The second-order valence-corrected chi connectivity index (χ2v) is 7.06. The summed E-state index contributed by atoms with van der Waals surface area (Å²) < 4.78 is 11.5. The molecule has 3 rings (SSSR count). The van der Waals surface area contributed by atoms with Gasteiger partial charge in [0.15, 0.2) is 23.0 Å². The van der Waals surface area contributed by atoms with E-state index >= 15 is 0 Å². The zero-order valence-corrected chi connectivity index (χ0v) is 18.4. The van der Waals surface area contributed by atoms with Gasteiger partial charge in [-0.05, 0) is 49.0 Å². The molecule has 0 saturated carbocycles. The van der Waals surface area contributed by atoms with Crippen molar-refractivity contribution >= 4 is 0 Å². The molecule has 0 heterocycles. The summed E-state index contributed by atoms with van der Waals surface area (Å²) in [7, 11) is 3.61. The van der Waals surface area contributed by atoms with Crippen LogP contribution in [0.4, 0.5) is 0 Å². The first-order valence-electron chi connectivity index (χ1n) is 10.4. The van der Waals surface area contributed by atoms with Crippen LogP contribution < -0.4 is 20.5 Å². The second kappa shape index (κ2) is 13.2. The molecule has 0 spiro atoms. The minimum absolute atomic E-state index is 0.0138. The van der Waals surface area contributed by atoms with Gasteiger partial charge in [0.2, 0.25) is 0 Å². The summed E-state index contributed by atoms with van der Waals surface area (Å²) in [6, 6.07) is 22.1. The van der Waals surface area contributed by atoms with Crippen molar-refractivity contribution in [1.82, 2.24) is 5.32 Å². The highest BCUT2D eigenvalue weighted by molar-refractivity contribution is 5.41. The number of nitrogens with one attached hydrogen (secondary N) is 1. The summed E-state index contributed by atoms with van der Waals surface area (Å²) in [4.78, 5) is 0. The van der Waals surface area contributed by atoms with Crippen molar-refractivity contribution < 1.29 is 24.8 Å². The Balaban J connectivity index is 0.000000258. The van der Waals surface area contributed by atoms with Crippen molar-refractivity contribution in [3.63, 3.8) is 0 Å². The van der Waals surface area contributed by atoms with Crippen LogP contribution in [0.15, 0.2) is 72.8 Å². The van der Waals surface area contributed by atoms with E-state index in [2.05, 4.69) is 17.4 Å². The number of phenolic OH excluding ortho intramolecular Hbond substituents is 2. The molecule has 1 unspecified atom stereocenters. The van der Waals surface area contributed by atoms with E-state index in [4.69, 9.17) is 25.4 Å². The van der Waals surface area contributed by atoms with Gasteiger partial charge in [-0.2, -0.15) is 0 Å². The topological polar surface area (TPSA) is 117 Å². The molecule has 0 fully saturated rings. The number of ether oxygens (including phenoxy) is 2. The second-order valence-electron chi connectivity index (χ2n) is 7.06. The third kappa shape index (κ3) is 7.46. The predicted octanol–water partition coefficient (Wildman–Crippen LogP) is 3.51. The smallest absolute Gasteiger partial charge is 0.162 e. The molecule has 0 amide bonds. The number of para-hydroxylation sites is 2. The van der Waals surface area contributed by atoms with Crippen LogP contribution in [0.1, 0.15) is 29.8 Å². The largest absolute Gasteiger partial charge is 0.504 e. The number of phenols is 2. The summed E-state index contributed by atoms with van der Waals surface area (Å²) in [6.07, 6.45) is 0.120. The zero-order valence-electron chi connectivity index (χ0n) is 18.4. The molecule has 0 bridgehead atoms. The Bertz CT molecular complexity index is 937. The monoisotopic (exact) mass is 440 g/mol. The molecule has 0 aliphatic carbocycles. The maximum absolute atomic E-state index is 9.23. The van der Waals surface area contributed by atoms with Gasteiger partial charge in [-0.3, -0.25) is 0 Å². The Morgan fingerprint density at radius 1 is 0.875 bits per heavy atom. The highest BCUT2D eigenvalue weighted by atomic mass is 16.5. The van der Waals surface area contributed by atoms with Gasteiger partial charge in [0.05, 0.1) is 13.2 Å². The number of nitrogens with two attached hydrogens (primary N) is 1. The number of hydrogen-bond donors (Lipinski definition) is 5. The molecule has 7 heteroatoms. The van der Waals surface area contributed by atoms with Gasteiger partial charge in [-0.25, -0.2) is 0 Å². The molecule has 2 atom stereocenters. The average molecular weight is 441 g/mol. The summed E-state index contributed by atoms with van der Waals surface area (Å²) in [5, 5.41) is 30.4. The maximum atomic E-state index is 9.23. The van der Waals surface area contributed by atoms with E-state index in [1.165, 1.54) is 23.8 Å². The van der Waals surface area contributed by atoms with E-state index in [0.717, 1.165) is 24.5 Å². The molecular weight excluding hydrogens is 408 g/mol. The van der Waals surface area contributed by atoms with E-state index in [-0.39, 0.29) is 24.1 Å². The van der Waals surface area contributed by atoms with Crippen LogP contribution in [0, 0.1) is 0 Å².